The summed E-state index contributed by atoms with van der Waals surface area (Å²) in [7, 11) is 0. The molecule has 2 aliphatic heterocycles. The van der Waals surface area contributed by atoms with E-state index in [-0.39, 0.29) is 0 Å². The first-order valence-corrected chi connectivity index (χ1v) is 11.8. The molecule has 1 saturated carbocycles. The second-order valence-corrected chi connectivity index (χ2v) is 9.34. The molecule has 0 radical (unpaired) electrons. The lowest BCUT2D eigenvalue weighted by Crippen LogP contribution is -2.43. The Morgan fingerprint density at radius 2 is 1.86 bits per heavy atom. The highest BCUT2D eigenvalue weighted by molar-refractivity contribution is 5.15. The topological polar surface area (TPSA) is 33.5 Å². The summed E-state index contributed by atoms with van der Waals surface area (Å²) in [5.41, 5.74) is 2.58. The molecule has 0 aromatic carbocycles. The summed E-state index contributed by atoms with van der Waals surface area (Å²) in [6.07, 6.45) is 13.6. The van der Waals surface area contributed by atoms with Gasteiger partial charge in [0.05, 0.1) is 11.8 Å². The Hall–Kier alpha value is -0.910. The third-order valence-corrected chi connectivity index (χ3v) is 7.26. The quantitative estimate of drug-likeness (QED) is 0.677. The first-order chi connectivity index (χ1) is 13.7. The first kappa shape index (κ1) is 20.4. The fourth-order valence-electron chi connectivity index (χ4n) is 5.53. The number of aromatic nitrogens is 2. The number of hydrogen-bond acceptors (Lipinski definition) is 4. The van der Waals surface area contributed by atoms with Crippen LogP contribution in [-0.2, 0) is 17.8 Å². The van der Waals surface area contributed by atoms with Crippen LogP contribution in [0.25, 0.3) is 0 Å². The van der Waals surface area contributed by atoms with E-state index in [1.54, 1.807) is 0 Å². The summed E-state index contributed by atoms with van der Waals surface area (Å²) in [6.45, 7) is 12.2. The summed E-state index contributed by atoms with van der Waals surface area (Å²) in [5, 5.41) is 4.67. The Morgan fingerprint density at radius 3 is 2.50 bits per heavy atom. The maximum Gasteiger partial charge on any atom is 0.0702 e. The van der Waals surface area contributed by atoms with Crippen molar-refractivity contribution < 1.29 is 4.74 Å². The minimum Gasteiger partial charge on any atom is -0.377 e. The fraction of sp³-hybridized carbons (Fsp3) is 0.870. The summed E-state index contributed by atoms with van der Waals surface area (Å²) < 4.78 is 8.06. The van der Waals surface area contributed by atoms with E-state index in [4.69, 9.17) is 4.74 Å². The van der Waals surface area contributed by atoms with E-state index in [0.29, 0.717) is 6.10 Å². The highest BCUT2D eigenvalue weighted by Gasteiger charge is 2.29. The monoisotopic (exact) mass is 388 g/mol. The number of rotatable bonds is 8. The number of piperidine rings is 1. The Balaban J connectivity index is 1.34. The first-order valence-electron chi connectivity index (χ1n) is 11.8. The van der Waals surface area contributed by atoms with Crippen LogP contribution in [0.15, 0.2) is 6.20 Å². The maximum atomic E-state index is 5.98. The van der Waals surface area contributed by atoms with Crippen LogP contribution in [0.4, 0.5) is 0 Å². The number of hydrogen-bond donors (Lipinski definition) is 0. The van der Waals surface area contributed by atoms with Gasteiger partial charge in [-0.1, -0.05) is 12.8 Å². The normalized spacial score (nSPS) is 25.3. The molecule has 3 heterocycles. The Labute approximate surface area is 171 Å². The van der Waals surface area contributed by atoms with Gasteiger partial charge < -0.3 is 9.64 Å². The van der Waals surface area contributed by atoms with Crippen molar-refractivity contribution in [2.24, 2.45) is 5.92 Å². The molecular formula is C23H40N4O. The van der Waals surface area contributed by atoms with E-state index in [0.717, 1.165) is 38.2 Å². The van der Waals surface area contributed by atoms with Gasteiger partial charge in [-0.3, -0.25) is 9.58 Å². The molecule has 1 atom stereocenters. The molecule has 158 valence electrons. The number of ether oxygens (including phenoxy) is 1. The van der Waals surface area contributed by atoms with Crippen LogP contribution in [0.5, 0.6) is 0 Å². The standard InChI is InChI=1S/C23H40N4O/c1-3-27-17-21(19(2)24-27)16-25(18-23-9-6-14-28-23)15-20-10-12-26(13-11-20)22-7-4-5-8-22/h17,20,22-23H,3-16,18H2,1-2H3. The Kier molecular flexibility index (Phi) is 7.08. The second kappa shape index (κ2) is 9.73. The summed E-state index contributed by atoms with van der Waals surface area (Å²) in [5.74, 6) is 0.834. The van der Waals surface area contributed by atoms with E-state index < -0.39 is 0 Å². The van der Waals surface area contributed by atoms with Gasteiger partial charge in [-0.2, -0.15) is 5.10 Å². The van der Waals surface area contributed by atoms with Crippen molar-refractivity contribution in [2.45, 2.75) is 90.4 Å². The van der Waals surface area contributed by atoms with E-state index in [2.05, 4.69) is 39.6 Å². The van der Waals surface area contributed by atoms with Gasteiger partial charge in [0, 0.05) is 50.6 Å². The van der Waals surface area contributed by atoms with Crippen LogP contribution in [0.3, 0.4) is 0 Å². The summed E-state index contributed by atoms with van der Waals surface area (Å²) in [6, 6.07) is 0.895. The minimum absolute atomic E-state index is 0.431. The third-order valence-electron chi connectivity index (χ3n) is 7.26. The molecule has 5 nitrogen and oxygen atoms in total. The number of likely N-dealkylation sites (tertiary alicyclic amines) is 1. The lowest BCUT2D eigenvalue weighted by Gasteiger charge is -2.38. The zero-order valence-corrected chi connectivity index (χ0v) is 18.1. The highest BCUT2D eigenvalue weighted by Crippen LogP contribution is 2.29. The number of nitrogens with zero attached hydrogens (tertiary/aromatic N) is 4. The van der Waals surface area contributed by atoms with Gasteiger partial charge in [0.2, 0.25) is 0 Å². The molecule has 0 spiro atoms. The molecule has 0 amide bonds. The fourth-order valence-corrected chi connectivity index (χ4v) is 5.53. The van der Waals surface area contributed by atoms with E-state index in [1.807, 2.05) is 0 Å². The smallest absolute Gasteiger partial charge is 0.0702 e. The van der Waals surface area contributed by atoms with Crippen molar-refractivity contribution in [3.05, 3.63) is 17.5 Å². The predicted molar refractivity (Wildman–Crippen MR) is 113 cm³/mol. The molecule has 3 fully saturated rings. The zero-order valence-electron chi connectivity index (χ0n) is 18.1. The molecule has 0 N–H and O–H groups in total. The second-order valence-electron chi connectivity index (χ2n) is 9.34. The molecule has 1 aliphatic carbocycles. The molecule has 3 aliphatic rings. The predicted octanol–water partition coefficient (Wildman–Crippen LogP) is 3.85. The van der Waals surface area contributed by atoms with Gasteiger partial charge >= 0.3 is 0 Å². The van der Waals surface area contributed by atoms with E-state index in [9.17, 15) is 0 Å². The van der Waals surface area contributed by atoms with Crippen LogP contribution in [-0.4, -0.2) is 64.5 Å². The average Bonchev–Trinajstić information content (AvgIpc) is 3.46. The SMILES string of the molecule is CCn1cc(CN(CC2CCN(C3CCCC3)CC2)CC2CCCO2)c(C)n1. The molecule has 28 heavy (non-hydrogen) atoms. The van der Waals surface area contributed by atoms with Crippen molar-refractivity contribution in [1.29, 1.82) is 0 Å². The lowest BCUT2D eigenvalue weighted by molar-refractivity contribution is 0.0539. The van der Waals surface area contributed by atoms with Gasteiger partial charge in [0.25, 0.3) is 0 Å². The van der Waals surface area contributed by atoms with Crippen molar-refractivity contribution in [3.63, 3.8) is 0 Å². The van der Waals surface area contributed by atoms with Crippen LogP contribution in [0.2, 0.25) is 0 Å². The Bertz CT molecular complexity index is 596. The van der Waals surface area contributed by atoms with Crippen molar-refractivity contribution in [2.75, 3.05) is 32.8 Å². The molecule has 0 bridgehead atoms. The maximum absolute atomic E-state index is 5.98. The Morgan fingerprint density at radius 1 is 1.07 bits per heavy atom. The molecule has 1 aromatic rings. The van der Waals surface area contributed by atoms with Crippen molar-refractivity contribution in [1.82, 2.24) is 19.6 Å². The van der Waals surface area contributed by atoms with Gasteiger partial charge in [-0.25, -0.2) is 0 Å². The van der Waals surface area contributed by atoms with Gasteiger partial charge in [-0.05, 0) is 71.4 Å². The van der Waals surface area contributed by atoms with Crippen LogP contribution in [0.1, 0.15) is 69.5 Å². The van der Waals surface area contributed by atoms with Crippen LogP contribution in [0, 0.1) is 12.8 Å². The third kappa shape index (κ3) is 5.17. The van der Waals surface area contributed by atoms with E-state index >= 15 is 0 Å². The van der Waals surface area contributed by atoms with Crippen molar-refractivity contribution in [3.8, 4) is 0 Å². The van der Waals surface area contributed by atoms with Crippen molar-refractivity contribution >= 4 is 0 Å². The minimum atomic E-state index is 0.431. The molecule has 5 heteroatoms. The number of aryl methyl sites for hydroxylation is 2. The summed E-state index contributed by atoms with van der Waals surface area (Å²) >= 11 is 0. The highest BCUT2D eigenvalue weighted by atomic mass is 16.5. The van der Waals surface area contributed by atoms with Gasteiger partial charge in [-0.15, -0.1) is 0 Å². The summed E-state index contributed by atoms with van der Waals surface area (Å²) in [4.78, 5) is 5.47. The van der Waals surface area contributed by atoms with Gasteiger partial charge in [0.1, 0.15) is 0 Å². The van der Waals surface area contributed by atoms with Crippen LogP contribution >= 0.6 is 0 Å². The van der Waals surface area contributed by atoms with E-state index in [1.165, 1.54) is 82.3 Å². The molecule has 1 unspecified atom stereocenters. The zero-order chi connectivity index (χ0) is 19.3. The average molecular weight is 389 g/mol. The van der Waals surface area contributed by atoms with Crippen LogP contribution < -0.4 is 0 Å². The molecule has 1 aromatic heterocycles. The lowest BCUT2D eigenvalue weighted by atomic mass is 9.94. The largest absolute Gasteiger partial charge is 0.377 e. The van der Waals surface area contributed by atoms with Gasteiger partial charge in [0.15, 0.2) is 0 Å². The molecule has 2 saturated heterocycles. The molecular weight excluding hydrogens is 348 g/mol. The molecule has 4 rings (SSSR count).